The molecule has 0 aromatic heterocycles. The van der Waals surface area contributed by atoms with Crippen LogP contribution in [0.3, 0.4) is 0 Å². The summed E-state index contributed by atoms with van der Waals surface area (Å²) in [6.07, 6.45) is 6.03. The lowest BCUT2D eigenvalue weighted by molar-refractivity contribution is -0.173. The molecule has 0 amide bonds. The number of ether oxygens (including phenoxy) is 3. The summed E-state index contributed by atoms with van der Waals surface area (Å²) in [6, 6.07) is 1.18. The van der Waals surface area contributed by atoms with Crippen LogP contribution in [0.4, 0.5) is 0 Å². The van der Waals surface area contributed by atoms with E-state index < -0.39 is 22.9 Å². The summed E-state index contributed by atoms with van der Waals surface area (Å²) in [6.45, 7) is 8.11. The Labute approximate surface area is 216 Å². The first kappa shape index (κ1) is 25.7. The fraction of sp³-hybridized carbons (Fsp3) is 0.517. The Morgan fingerprint density at radius 2 is 1.86 bits per heavy atom. The summed E-state index contributed by atoms with van der Waals surface area (Å²) in [5, 5.41) is 30.8. The third kappa shape index (κ3) is 3.53. The van der Waals surface area contributed by atoms with Crippen molar-refractivity contribution in [3.8, 4) is 17.2 Å². The molecular weight excluding hydrogens is 476 g/mol. The van der Waals surface area contributed by atoms with E-state index in [1.54, 1.807) is 6.08 Å². The molecule has 6 rings (SSSR count). The quantitative estimate of drug-likeness (QED) is 0.359. The van der Waals surface area contributed by atoms with Crippen LogP contribution in [0.2, 0.25) is 0 Å². The van der Waals surface area contributed by atoms with E-state index in [1.807, 2.05) is 39.8 Å². The Kier molecular flexibility index (Phi) is 6.33. The van der Waals surface area contributed by atoms with Gasteiger partial charge in [-0.25, -0.2) is 0 Å². The van der Waals surface area contributed by atoms with Gasteiger partial charge in [0.15, 0.2) is 22.8 Å². The van der Waals surface area contributed by atoms with Crippen molar-refractivity contribution in [3.63, 3.8) is 0 Å². The number of fused-ring (bicyclic) bond motifs is 1. The van der Waals surface area contributed by atoms with Gasteiger partial charge in [-0.05, 0) is 34.1 Å². The summed E-state index contributed by atoms with van der Waals surface area (Å²) in [5.74, 6) is -2.34. The van der Waals surface area contributed by atoms with Crippen molar-refractivity contribution in [3.05, 3.63) is 52.1 Å². The van der Waals surface area contributed by atoms with Gasteiger partial charge >= 0.3 is 0 Å². The maximum atomic E-state index is 14.1. The first-order valence-corrected chi connectivity index (χ1v) is 12.8. The predicted molar refractivity (Wildman–Crippen MR) is 135 cm³/mol. The second kappa shape index (κ2) is 9.11. The molecule has 3 aliphatic carbocycles. The molecule has 2 aliphatic heterocycles. The van der Waals surface area contributed by atoms with E-state index in [2.05, 4.69) is 0 Å². The highest BCUT2D eigenvalue weighted by atomic mass is 16.6. The fourth-order valence-electron chi connectivity index (χ4n) is 6.49. The highest BCUT2D eigenvalue weighted by molar-refractivity contribution is 6.18. The topological polar surface area (TPSA) is 123 Å². The summed E-state index contributed by atoms with van der Waals surface area (Å²) >= 11 is 0. The monoisotopic (exact) mass is 510 g/mol. The van der Waals surface area contributed by atoms with Crippen LogP contribution in [-0.4, -0.2) is 64.5 Å². The van der Waals surface area contributed by atoms with Gasteiger partial charge in [-0.2, -0.15) is 0 Å². The Morgan fingerprint density at radius 3 is 2.54 bits per heavy atom. The number of carbonyl (C=O) groups excluding carboxylic acids is 2. The average molecular weight is 511 g/mol. The Hall–Kier alpha value is -2.94. The first-order valence-electron chi connectivity index (χ1n) is 12.8. The number of allylic oxidation sites excluding steroid dienone is 4. The molecule has 0 radical (unpaired) electrons. The highest BCUT2D eigenvalue weighted by Crippen LogP contribution is 2.65. The minimum atomic E-state index is -1.43. The second-order valence-corrected chi connectivity index (χ2v) is 10.9. The lowest BCUT2D eigenvalue weighted by atomic mass is 9.49. The van der Waals surface area contributed by atoms with Gasteiger partial charge in [0.05, 0.1) is 26.4 Å². The molecule has 5 aliphatic rings. The zero-order chi connectivity index (χ0) is 26.7. The van der Waals surface area contributed by atoms with Crippen LogP contribution < -0.4 is 4.74 Å². The van der Waals surface area contributed by atoms with Crippen molar-refractivity contribution in [2.24, 2.45) is 17.8 Å². The maximum absolute atomic E-state index is 14.1. The Balaban J connectivity index is 1.74. The summed E-state index contributed by atoms with van der Waals surface area (Å²) in [5.41, 5.74) is -0.136. The van der Waals surface area contributed by atoms with Crippen molar-refractivity contribution >= 4 is 11.6 Å². The smallest absolute Gasteiger partial charge is 0.200 e. The molecule has 8 nitrogen and oxygen atoms in total. The van der Waals surface area contributed by atoms with E-state index in [1.165, 1.54) is 6.07 Å². The molecule has 1 aromatic carbocycles. The van der Waals surface area contributed by atoms with Crippen molar-refractivity contribution in [2.75, 3.05) is 26.4 Å². The van der Waals surface area contributed by atoms with Crippen molar-refractivity contribution in [2.45, 2.75) is 51.7 Å². The zero-order valence-electron chi connectivity index (χ0n) is 21.7. The number of ketones is 2. The average Bonchev–Trinajstić information content (AvgIpc) is 3.11. The number of hydrogen-bond donors (Lipinski definition) is 3. The Morgan fingerprint density at radius 1 is 1.14 bits per heavy atom. The molecular formula is C29H34O8. The molecule has 4 bridgehead atoms. The van der Waals surface area contributed by atoms with Crippen LogP contribution in [0.25, 0.3) is 0 Å². The van der Waals surface area contributed by atoms with Crippen LogP contribution in [0, 0.1) is 17.8 Å². The number of hydrogen-bond acceptors (Lipinski definition) is 8. The van der Waals surface area contributed by atoms with Crippen LogP contribution in [0.1, 0.15) is 50.0 Å². The number of aliphatic hydroxyl groups excluding tert-OH is 1. The van der Waals surface area contributed by atoms with Gasteiger partial charge in [0.2, 0.25) is 0 Å². The largest absolute Gasteiger partial charge is 0.507 e. The van der Waals surface area contributed by atoms with E-state index >= 15 is 0 Å². The summed E-state index contributed by atoms with van der Waals surface area (Å²) in [4.78, 5) is 28.2. The van der Waals surface area contributed by atoms with E-state index in [9.17, 15) is 24.9 Å². The van der Waals surface area contributed by atoms with Gasteiger partial charge in [-0.1, -0.05) is 29.4 Å². The number of carbonyl (C=O) groups is 2. The molecule has 2 heterocycles. The second-order valence-electron chi connectivity index (χ2n) is 10.9. The van der Waals surface area contributed by atoms with Gasteiger partial charge < -0.3 is 29.5 Å². The van der Waals surface area contributed by atoms with Crippen LogP contribution in [0.15, 0.2) is 41.0 Å². The van der Waals surface area contributed by atoms with Gasteiger partial charge in [0.1, 0.15) is 22.8 Å². The number of Topliss-reactive ketones (excluding diaryl/α,β-unsaturated/α-hetero) is 2. The highest BCUT2D eigenvalue weighted by Gasteiger charge is 2.79. The molecule has 2 fully saturated rings. The molecule has 3 N–H and O–H groups in total. The van der Waals surface area contributed by atoms with Gasteiger partial charge in [0.25, 0.3) is 0 Å². The number of aliphatic hydroxyl groups is 1. The molecule has 1 unspecified atom stereocenters. The van der Waals surface area contributed by atoms with Crippen molar-refractivity contribution < 1.29 is 39.1 Å². The van der Waals surface area contributed by atoms with Gasteiger partial charge in [-0.15, -0.1) is 0 Å². The zero-order valence-corrected chi connectivity index (χ0v) is 21.7. The maximum Gasteiger partial charge on any atom is 0.200 e. The van der Waals surface area contributed by atoms with E-state index in [0.717, 1.165) is 11.1 Å². The fourth-order valence-corrected chi connectivity index (χ4v) is 6.49. The van der Waals surface area contributed by atoms with Crippen molar-refractivity contribution in [1.29, 1.82) is 0 Å². The molecule has 8 heteroatoms. The number of benzene rings is 1. The van der Waals surface area contributed by atoms with E-state index in [-0.39, 0.29) is 79.7 Å². The number of phenolic OH excluding ortho intramolecular Hbond substituents is 2. The lowest BCUT2D eigenvalue weighted by Gasteiger charge is -2.58. The molecule has 1 aromatic rings. The molecule has 5 atom stereocenters. The Bertz CT molecular complexity index is 1250. The predicted octanol–water partition coefficient (Wildman–Crippen LogP) is 3.43. The molecule has 37 heavy (non-hydrogen) atoms. The van der Waals surface area contributed by atoms with Crippen LogP contribution in [0.5, 0.6) is 17.2 Å². The lowest BCUT2D eigenvalue weighted by Crippen LogP contribution is -2.74. The SMILES string of the molecule is CC(C)=CCc1c(O)cc(O)c2c1O[C@@]13C(=C[C@H]4C(=O)C1(CC=C(C)C)OC[C@@H]3[C@H]4COCCO)C2=O. The summed E-state index contributed by atoms with van der Waals surface area (Å²) < 4.78 is 18.9. The van der Waals surface area contributed by atoms with Gasteiger partial charge in [0, 0.05) is 41.4 Å². The minimum Gasteiger partial charge on any atom is -0.507 e. The third-order valence-corrected chi connectivity index (χ3v) is 8.19. The molecule has 198 valence electrons. The summed E-state index contributed by atoms with van der Waals surface area (Å²) in [7, 11) is 0. The number of aromatic hydroxyl groups is 2. The number of rotatable bonds is 8. The standard InChI is InChI=1S/C29H34O8/c1-15(2)5-6-17-22(31)12-23(32)24-25(33)20-11-18-19(13-35-10-9-30)21-14-36-28(27(18)34,8-7-16(3)4)29(20,21)37-26(17)24/h5,7,11-12,18-19,21,30-32H,6,8-10,13-14H2,1-4H3/t18-,19+,21-,28?,29-/m1/s1. The third-order valence-electron chi connectivity index (χ3n) is 8.19. The number of phenols is 2. The van der Waals surface area contributed by atoms with Gasteiger partial charge in [-0.3, -0.25) is 9.59 Å². The van der Waals surface area contributed by atoms with E-state index in [0.29, 0.717) is 11.1 Å². The molecule has 1 saturated heterocycles. The van der Waals surface area contributed by atoms with Crippen LogP contribution in [-0.2, 0) is 20.7 Å². The molecule has 1 saturated carbocycles. The first-order chi connectivity index (χ1) is 17.6. The van der Waals surface area contributed by atoms with Crippen molar-refractivity contribution in [1.82, 2.24) is 0 Å². The normalized spacial score (nSPS) is 30.8. The van der Waals surface area contributed by atoms with E-state index in [4.69, 9.17) is 14.2 Å². The van der Waals surface area contributed by atoms with Crippen LogP contribution >= 0.6 is 0 Å². The molecule has 1 spiro atoms. The minimum absolute atomic E-state index is 0.00308.